The van der Waals surface area contributed by atoms with Crippen molar-refractivity contribution in [2.45, 2.75) is 70.1 Å². The van der Waals surface area contributed by atoms with Crippen molar-refractivity contribution in [2.75, 3.05) is 19.4 Å². The minimum atomic E-state index is -1.17. The molecule has 1 N–H and O–H groups in total. The SMILES string of the molecule is CC(CCC(=O)OCC[Si](C)(C)C)SSCCC(=O)N(C)C(C)C(=O)O. The van der Waals surface area contributed by atoms with Gasteiger partial charge in [0.05, 0.1) is 6.61 Å². The highest BCUT2D eigenvalue weighted by Gasteiger charge is 2.21. The fraction of sp³-hybridized carbons (Fsp3) is 0.824. The van der Waals surface area contributed by atoms with Gasteiger partial charge in [-0.1, -0.05) is 48.2 Å². The molecule has 26 heavy (non-hydrogen) atoms. The Bertz CT molecular complexity index is 471. The third-order valence-electron chi connectivity index (χ3n) is 3.83. The molecule has 0 rings (SSSR count). The Balaban J connectivity index is 3.83. The molecular weight excluding hydrogens is 390 g/mol. The average Bonchev–Trinajstić information content (AvgIpc) is 2.53. The highest BCUT2D eigenvalue weighted by molar-refractivity contribution is 8.76. The number of carboxylic acid groups (broad SMARTS) is 1. The summed E-state index contributed by atoms with van der Waals surface area (Å²) in [5.74, 6) is -0.703. The van der Waals surface area contributed by atoms with Gasteiger partial charge in [0.25, 0.3) is 0 Å². The van der Waals surface area contributed by atoms with E-state index in [4.69, 9.17) is 9.84 Å². The van der Waals surface area contributed by atoms with Gasteiger partial charge >= 0.3 is 11.9 Å². The van der Waals surface area contributed by atoms with Crippen LogP contribution in [0.5, 0.6) is 0 Å². The highest BCUT2D eigenvalue weighted by Crippen LogP contribution is 2.30. The second-order valence-electron chi connectivity index (χ2n) is 7.57. The lowest BCUT2D eigenvalue weighted by Crippen LogP contribution is -2.40. The lowest BCUT2D eigenvalue weighted by molar-refractivity contribution is -0.148. The summed E-state index contributed by atoms with van der Waals surface area (Å²) < 4.78 is 5.28. The minimum absolute atomic E-state index is 0.139. The Morgan fingerprint density at radius 1 is 1.15 bits per heavy atom. The maximum absolute atomic E-state index is 11.9. The average molecular weight is 424 g/mol. The van der Waals surface area contributed by atoms with Crippen LogP contribution >= 0.6 is 21.6 Å². The van der Waals surface area contributed by atoms with Gasteiger partial charge in [0.15, 0.2) is 0 Å². The lowest BCUT2D eigenvalue weighted by atomic mass is 10.2. The Kier molecular flexibility index (Phi) is 12.3. The van der Waals surface area contributed by atoms with Gasteiger partial charge in [-0.15, -0.1) is 0 Å². The first-order valence-corrected chi connectivity index (χ1v) is 15.0. The van der Waals surface area contributed by atoms with Crippen molar-refractivity contribution in [3.8, 4) is 0 Å². The number of rotatable bonds is 13. The molecule has 0 radical (unpaired) electrons. The minimum Gasteiger partial charge on any atom is -0.480 e. The van der Waals surface area contributed by atoms with Crippen molar-refractivity contribution < 1.29 is 24.2 Å². The molecule has 0 aliphatic carbocycles. The van der Waals surface area contributed by atoms with Crippen LogP contribution in [0.15, 0.2) is 0 Å². The molecule has 6 nitrogen and oxygen atoms in total. The molecule has 0 heterocycles. The van der Waals surface area contributed by atoms with Gasteiger partial charge in [0, 0.05) is 39.0 Å². The zero-order valence-electron chi connectivity index (χ0n) is 16.7. The molecule has 0 aromatic carbocycles. The second-order valence-corrected chi connectivity index (χ2v) is 16.1. The highest BCUT2D eigenvalue weighted by atomic mass is 33.1. The number of carbonyl (C=O) groups is 3. The number of hydrogen-bond acceptors (Lipinski definition) is 6. The molecular formula is C17H33NO5S2Si. The van der Waals surface area contributed by atoms with E-state index in [0.29, 0.717) is 25.2 Å². The van der Waals surface area contributed by atoms with Crippen molar-refractivity contribution in [1.29, 1.82) is 0 Å². The molecule has 0 spiro atoms. The maximum Gasteiger partial charge on any atom is 0.326 e. The van der Waals surface area contributed by atoms with Crippen molar-refractivity contribution in [1.82, 2.24) is 4.90 Å². The fourth-order valence-corrected chi connectivity index (χ4v) is 4.80. The molecule has 152 valence electrons. The summed E-state index contributed by atoms with van der Waals surface area (Å²) in [5.41, 5.74) is 0. The molecule has 0 saturated heterocycles. The standard InChI is InChI=1S/C17H33NO5S2Si/c1-13(7-8-16(20)23-10-12-26(4,5)6)25-24-11-9-15(19)18(3)14(2)17(21)22/h13-14H,7-12H2,1-6H3,(H,21,22). The number of amides is 1. The van der Waals surface area contributed by atoms with Crippen LogP contribution < -0.4 is 0 Å². The van der Waals surface area contributed by atoms with Gasteiger partial charge in [0.1, 0.15) is 6.04 Å². The Hall–Kier alpha value is -0.673. The fourth-order valence-electron chi connectivity index (χ4n) is 1.76. The van der Waals surface area contributed by atoms with E-state index in [1.807, 2.05) is 6.92 Å². The number of ether oxygens (including phenoxy) is 1. The van der Waals surface area contributed by atoms with E-state index in [1.165, 1.54) is 18.9 Å². The molecule has 0 aromatic rings. The first kappa shape index (κ1) is 25.3. The number of hydrogen-bond donors (Lipinski definition) is 1. The zero-order chi connectivity index (χ0) is 20.3. The molecule has 0 aliphatic rings. The maximum atomic E-state index is 11.9. The van der Waals surface area contributed by atoms with Gasteiger partial charge < -0.3 is 14.7 Å². The molecule has 0 saturated carbocycles. The van der Waals surface area contributed by atoms with Crippen LogP contribution in [0.2, 0.25) is 25.7 Å². The molecule has 0 aliphatic heterocycles. The van der Waals surface area contributed by atoms with E-state index >= 15 is 0 Å². The van der Waals surface area contributed by atoms with Crippen LogP contribution in [0.1, 0.15) is 33.1 Å². The monoisotopic (exact) mass is 423 g/mol. The Labute approximate surface area is 166 Å². The summed E-state index contributed by atoms with van der Waals surface area (Å²) in [5, 5.41) is 9.19. The predicted octanol–water partition coefficient (Wildman–Crippen LogP) is 3.74. The number of likely N-dealkylation sites (N-methyl/N-ethyl adjacent to an activating group) is 1. The summed E-state index contributed by atoms with van der Waals surface area (Å²) >= 11 is 0. The number of nitrogens with zero attached hydrogens (tertiary/aromatic N) is 1. The van der Waals surface area contributed by atoms with Gasteiger partial charge in [-0.2, -0.15) is 0 Å². The van der Waals surface area contributed by atoms with E-state index in [0.717, 1.165) is 12.5 Å². The van der Waals surface area contributed by atoms with E-state index in [-0.39, 0.29) is 17.1 Å². The topological polar surface area (TPSA) is 83.9 Å². The van der Waals surface area contributed by atoms with Crippen LogP contribution in [-0.2, 0) is 19.1 Å². The van der Waals surface area contributed by atoms with Gasteiger partial charge in [-0.3, -0.25) is 9.59 Å². The van der Waals surface area contributed by atoms with Crippen LogP contribution in [0, 0.1) is 0 Å². The largest absolute Gasteiger partial charge is 0.480 e. The van der Waals surface area contributed by atoms with Crippen molar-refractivity contribution in [2.24, 2.45) is 0 Å². The molecule has 0 bridgehead atoms. The van der Waals surface area contributed by atoms with Crippen LogP contribution in [-0.4, -0.2) is 66.6 Å². The molecule has 2 unspecified atom stereocenters. The van der Waals surface area contributed by atoms with E-state index in [2.05, 4.69) is 19.6 Å². The van der Waals surface area contributed by atoms with Crippen molar-refractivity contribution in [3.63, 3.8) is 0 Å². The normalized spacial score (nSPS) is 13.8. The molecule has 0 aromatic heterocycles. The van der Waals surface area contributed by atoms with Crippen LogP contribution in [0.4, 0.5) is 0 Å². The number of carbonyl (C=O) groups excluding carboxylic acids is 2. The third-order valence-corrected chi connectivity index (χ3v) is 8.50. The number of esters is 1. The smallest absolute Gasteiger partial charge is 0.326 e. The van der Waals surface area contributed by atoms with E-state index < -0.39 is 20.1 Å². The molecule has 0 fully saturated rings. The molecule has 9 heteroatoms. The lowest BCUT2D eigenvalue weighted by Gasteiger charge is -2.21. The summed E-state index contributed by atoms with van der Waals surface area (Å²) in [6, 6.07) is 0.174. The number of carboxylic acids is 1. The van der Waals surface area contributed by atoms with Crippen LogP contribution in [0.25, 0.3) is 0 Å². The van der Waals surface area contributed by atoms with Crippen LogP contribution in [0.3, 0.4) is 0 Å². The van der Waals surface area contributed by atoms with Gasteiger partial charge in [-0.25, -0.2) is 4.79 Å². The quantitative estimate of drug-likeness (QED) is 0.209. The van der Waals surface area contributed by atoms with Crippen molar-refractivity contribution in [3.05, 3.63) is 0 Å². The summed E-state index contributed by atoms with van der Waals surface area (Å²) in [6.45, 7) is 10.8. The van der Waals surface area contributed by atoms with E-state index in [1.54, 1.807) is 21.6 Å². The van der Waals surface area contributed by atoms with Gasteiger partial charge in [-0.05, 0) is 19.4 Å². The molecule has 1 amide bonds. The Morgan fingerprint density at radius 2 is 1.77 bits per heavy atom. The van der Waals surface area contributed by atoms with Crippen molar-refractivity contribution >= 4 is 47.5 Å². The third kappa shape index (κ3) is 12.6. The van der Waals surface area contributed by atoms with Gasteiger partial charge in [0.2, 0.25) is 5.91 Å². The predicted molar refractivity (Wildman–Crippen MR) is 112 cm³/mol. The summed E-state index contributed by atoms with van der Waals surface area (Å²) in [6.07, 6.45) is 1.46. The first-order valence-electron chi connectivity index (χ1n) is 8.86. The number of aliphatic carboxylic acids is 1. The second kappa shape index (κ2) is 12.7. The molecule has 2 atom stereocenters. The first-order chi connectivity index (χ1) is 11.9. The Morgan fingerprint density at radius 3 is 2.31 bits per heavy atom. The summed E-state index contributed by atoms with van der Waals surface area (Å²) in [7, 11) is 3.56. The van der Waals surface area contributed by atoms with E-state index in [9.17, 15) is 14.4 Å². The zero-order valence-corrected chi connectivity index (χ0v) is 19.4. The summed E-state index contributed by atoms with van der Waals surface area (Å²) in [4.78, 5) is 35.8.